The molecule has 0 amide bonds. The maximum Gasteiger partial charge on any atom is 0.247 e. The molecule has 0 saturated carbocycles. The topological polar surface area (TPSA) is 81.2 Å². The normalized spacial score (nSPS) is 17.0. The molecule has 1 aliphatic heterocycles. The summed E-state index contributed by atoms with van der Waals surface area (Å²) >= 11 is 0. The van der Waals surface area contributed by atoms with Gasteiger partial charge >= 0.3 is 0 Å². The number of aromatic nitrogens is 2. The molecule has 7 heteroatoms. The Morgan fingerprint density at radius 1 is 1.37 bits per heavy atom. The van der Waals surface area contributed by atoms with E-state index in [4.69, 9.17) is 5.73 Å². The standard InChI is InChI=1S/C12H20N4O2S/c1-10-12(11(2)16(14-10)9-6-13)19(17,18)15-7-4-3-5-8-15/h3-4H,5-9,13H2,1-2H3. The summed E-state index contributed by atoms with van der Waals surface area (Å²) in [5.74, 6) is 0. The van der Waals surface area contributed by atoms with E-state index in [9.17, 15) is 8.42 Å². The minimum atomic E-state index is -3.46. The van der Waals surface area contributed by atoms with Crippen LogP contribution in [-0.4, -0.2) is 42.1 Å². The van der Waals surface area contributed by atoms with Crippen molar-refractivity contribution in [1.29, 1.82) is 0 Å². The molecule has 0 unspecified atom stereocenters. The molecule has 2 heterocycles. The number of nitrogens with zero attached hydrogens (tertiary/aromatic N) is 3. The molecule has 0 bridgehead atoms. The van der Waals surface area contributed by atoms with Gasteiger partial charge in [0.05, 0.1) is 17.9 Å². The van der Waals surface area contributed by atoms with Gasteiger partial charge < -0.3 is 5.73 Å². The zero-order chi connectivity index (χ0) is 14.0. The van der Waals surface area contributed by atoms with Gasteiger partial charge in [0.2, 0.25) is 10.0 Å². The van der Waals surface area contributed by atoms with E-state index in [1.165, 1.54) is 4.31 Å². The number of rotatable bonds is 4. The molecule has 6 nitrogen and oxygen atoms in total. The van der Waals surface area contributed by atoms with Gasteiger partial charge in [-0.3, -0.25) is 4.68 Å². The summed E-state index contributed by atoms with van der Waals surface area (Å²) < 4.78 is 28.5. The molecule has 2 N–H and O–H groups in total. The molecule has 2 rings (SSSR count). The second-order valence-corrected chi connectivity index (χ2v) is 6.51. The van der Waals surface area contributed by atoms with Crippen molar-refractivity contribution in [3.05, 3.63) is 23.5 Å². The fourth-order valence-corrected chi connectivity index (χ4v) is 4.14. The molecule has 0 radical (unpaired) electrons. The lowest BCUT2D eigenvalue weighted by atomic mass is 10.3. The molecule has 0 fully saturated rings. The Labute approximate surface area is 113 Å². The number of hydrogen-bond acceptors (Lipinski definition) is 4. The van der Waals surface area contributed by atoms with Crippen molar-refractivity contribution in [3.8, 4) is 0 Å². The minimum absolute atomic E-state index is 0.330. The second-order valence-electron chi connectivity index (χ2n) is 4.63. The lowest BCUT2D eigenvalue weighted by Gasteiger charge is -2.22. The van der Waals surface area contributed by atoms with Gasteiger partial charge in [-0.2, -0.15) is 9.40 Å². The Kier molecular flexibility index (Phi) is 4.07. The van der Waals surface area contributed by atoms with Crippen LogP contribution in [0.4, 0.5) is 0 Å². The van der Waals surface area contributed by atoms with Crippen LogP contribution in [-0.2, 0) is 16.6 Å². The van der Waals surface area contributed by atoms with E-state index >= 15 is 0 Å². The van der Waals surface area contributed by atoms with Crippen LogP contribution in [0.3, 0.4) is 0 Å². The molecule has 106 valence electrons. The molecule has 0 aromatic carbocycles. The first kappa shape index (κ1) is 14.2. The number of nitrogens with two attached hydrogens (primary N) is 1. The largest absolute Gasteiger partial charge is 0.329 e. The third kappa shape index (κ3) is 2.58. The summed E-state index contributed by atoms with van der Waals surface area (Å²) in [5.41, 5.74) is 6.72. The fourth-order valence-electron chi connectivity index (χ4n) is 2.36. The van der Waals surface area contributed by atoms with Gasteiger partial charge in [0.25, 0.3) is 0 Å². The Morgan fingerprint density at radius 3 is 2.68 bits per heavy atom. The maximum absolute atomic E-state index is 12.7. The van der Waals surface area contributed by atoms with Crippen molar-refractivity contribution in [1.82, 2.24) is 14.1 Å². The van der Waals surface area contributed by atoms with Crippen molar-refractivity contribution < 1.29 is 8.42 Å². The smallest absolute Gasteiger partial charge is 0.247 e. The van der Waals surface area contributed by atoms with E-state index in [0.717, 1.165) is 6.42 Å². The average Bonchev–Trinajstić information content (AvgIpc) is 2.66. The Bertz CT molecular complexity index is 589. The number of hydrogen-bond donors (Lipinski definition) is 1. The van der Waals surface area contributed by atoms with Gasteiger partial charge in [-0.15, -0.1) is 0 Å². The third-order valence-electron chi connectivity index (χ3n) is 3.27. The summed E-state index contributed by atoms with van der Waals surface area (Å²) in [6.07, 6.45) is 4.65. The Balaban J connectivity index is 2.43. The lowest BCUT2D eigenvalue weighted by molar-refractivity contribution is 0.436. The van der Waals surface area contributed by atoms with Crippen molar-refractivity contribution >= 4 is 10.0 Å². The first-order valence-electron chi connectivity index (χ1n) is 6.37. The molecule has 0 atom stereocenters. The maximum atomic E-state index is 12.7. The van der Waals surface area contributed by atoms with E-state index in [2.05, 4.69) is 5.10 Å². The van der Waals surface area contributed by atoms with Crippen LogP contribution >= 0.6 is 0 Å². The molecular formula is C12H20N4O2S. The highest BCUT2D eigenvalue weighted by Gasteiger charge is 2.30. The summed E-state index contributed by atoms with van der Waals surface area (Å²) in [5, 5.41) is 4.27. The fraction of sp³-hybridized carbons (Fsp3) is 0.583. The van der Waals surface area contributed by atoms with Gasteiger partial charge in [0.1, 0.15) is 4.90 Å². The van der Waals surface area contributed by atoms with E-state index < -0.39 is 10.0 Å². The van der Waals surface area contributed by atoms with Gasteiger partial charge in [-0.05, 0) is 20.3 Å². The van der Waals surface area contributed by atoms with E-state index in [-0.39, 0.29) is 0 Å². The molecule has 19 heavy (non-hydrogen) atoms. The molecule has 1 aromatic heterocycles. The predicted octanol–water partition coefficient (Wildman–Crippen LogP) is 0.409. The summed E-state index contributed by atoms with van der Waals surface area (Å²) in [6.45, 7) is 5.44. The first-order valence-corrected chi connectivity index (χ1v) is 7.81. The summed E-state index contributed by atoms with van der Waals surface area (Å²) in [6, 6.07) is 0. The zero-order valence-electron chi connectivity index (χ0n) is 11.3. The summed E-state index contributed by atoms with van der Waals surface area (Å²) in [7, 11) is -3.46. The molecule has 0 saturated heterocycles. The van der Waals surface area contributed by atoms with Crippen molar-refractivity contribution in [2.24, 2.45) is 5.73 Å². The third-order valence-corrected chi connectivity index (χ3v) is 5.39. The highest BCUT2D eigenvalue weighted by atomic mass is 32.2. The molecular weight excluding hydrogens is 264 g/mol. The Hall–Kier alpha value is -1.18. The molecule has 0 aliphatic carbocycles. The lowest BCUT2D eigenvalue weighted by Crippen LogP contribution is -2.34. The highest BCUT2D eigenvalue weighted by molar-refractivity contribution is 7.89. The SMILES string of the molecule is Cc1nn(CCN)c(C)c1S(=O)(=O)N1CC=CCC1. The van der Waals surface area contributed by atoms with Crippen molar-refractivity contribution in [2.45, 2.75) is 31.7 Å². The van der Waals surface area contributed by atoms with Crippen molar-refractivity contribution in [2.75, 3.05) is 19.6 Å². The van der Waals surface area contributed by atoms with Crippen molar-refractivity contribution in [3.63, 3.8) is 0 Å². The van der Waals surface area contributed by atoms with Crippen LogP contribution in [0.2, 0.25) is 0 Å². The van der Waals surface area contributed by atoms with Crippen LogP contribution < -0.4 is 5.73 Å². The first-order chi connectivity index (χ1) is 8.98. The minimum Gasteiger partial charge on any atom is -0.329 e. The van der Waals surface area contributed by atoms with Gasteiger partial charge in [-0.25, -0.2) is 8.42 Å². The molecule has 0 spiro atoms. The van der Waals surface area contributed by atoms with E-state index in [0.29, 0.717) is 42.5 Å². The average molecular weight is 284 g/mol. The quantitative estimate of drug-likeness (QED) is 0.812. The van der Waals surface area contributed by atoms with E-state index in [1.807, 2.05) is 12.2 Å². The van der Waals surface area contributed by atoms with Gasteiger partial charge in [-0.1, -0.05) is 12.2 Å². The highest BCUT2D eigenvalue weighted by Crippen LogP contribution is 2.24. The van der Waals surface area contributed by atoms with Gasteiger partial charge in [0, 0.05) is 19.6 Å². The monoisotopic (exact) mass is 284 g/mol. The van der Waals surface area contributed by atoms with Crippen LogP contribution in [0.15, 0.2) is 17.0 Å². The van der Waals surface area contributed by atoms with Gasteiger partial charge in [0.15, 0.2) is 0 Å². The summed E-state index contributed by atoms with van der Waals surface area (Å²) in [4.78, 5) is 0.330. The van der Waals surface area contributed by atoms with Crippen LogP contribution in [0, 0.1) is 13.8 Å². The molecule has 1 aromatic rings. The number of sulfonamides is 1. The number of aryl methyl sites for hydroxylation is 1. The second kappa shape index (κ2) is 5.44. The zero-order valence-corrected chi connectivity index (χ0v) is 12.2. The predicted molar refractivity (Wildman–Crippen MR) is 73.3 cm³/mol. The van der Waals surface area contributed by atoms with Crippen LogP contribution in [0.25, 0.3) is 0 Å². The van der Waals surface area contributed by atoms with E-state index in [1.54, 1.807) is 18.5 Å². The Morgan fingerprint density at radius 2 is 2.11 bits per heavy atom. The van der Waals surface area contributed by atoms with Crippen LogP contribution in [0.1, 0.15) is 17.8 Å². The van der Waals surface area contributed by atoms with Crippen LogP contribution in [0.5, 0.6) is 0 Å². The molecule has 1 aliphatic rings.